The van der Waals surface area contributed by atoms with Gasteiger partial charge in [-0.25, -0.2) is 4.39 Å². The van der Waals surface area contributed by atoms with Crippen LogP contribution in [0, 0.1) is 10.3 Å². The van der Waals surface area contributed by atoms with Crippen LogP contribution in [0.15, 0.2) is 29.3 Å². The van der Waals surface area contributed by atoms with E-state index < -0.39 is 0 Å². The first kappa shape index (κ1) is 15.5. The molecule has 2 aromatic rings. The summed E-state index contributed by atoms with van der Waals surface area (Å²) in [4.78, 5) is 16.8. The topological polar surface area (TPSA) is 59.3 Å². The summed E-state index contributed by atoms with van der Waals surface area (Å²) < 4.78 is 14.9. The molecule has 0 radical (unpaired) electrons. The molecule has 1 N–H and O–H groups in total. The third kappa shape index (κ3) is 3.19. The van der Waals surface area contributed by atoms with E-state index in [9.17, 15) is 9.18 Å². The number of nitrogens with zero attached hydrogens (tertiary/aromatic N) is 3. The van der Waals surface area contributed by atoms with Crippen molar-refractivity contribution in [1.82, 2.24) is 15.1 Å². The molecule has 23 heavy (non-hydrogen) atoms. The fourth-order valence-electron chi connectivity index (χ4n) is 2.41. The normalized spacial score (nSPS) is 12.8. The van der Waals surface area contributed by atoms with Crippen molar-refractivity contribution in [2.75, 3.05) is 6.54 Å². The standard InChI is InChI=1S/C16H15FN4OS/c1-21-12-3-2-8-18-13(12)15(23)14(20-21)16(22)19-9-10-4-6-11(17)7-5-10/h3-7H,2,8-9H2,1H3,(H,19,22). The van der Waals surface area contributed by atoms with Crippen molar-refractivity contribution in [3.63, 3.8) is 0 Å². The number of hydrogen-bond acceptors (Lipinski definition) is 4. The van der Waals surface area contributed by atoms with Crippen LogP contribution in [0.2, 0.25) is 0 Å². The zero-order chi connectivity index (χ0) is 16.4. The van der Waals surface area contributed by atoms with Gasteiger partial charge in [-0.3, -0.25) is 14.5 Å². The van der Waals surface area contributed by atoms with Gasteiger partial charge in [0.25, 0.3) is 5.91 Å². The van der Waals surface area contributed by atoms with Crippen LogP contribution in [-0.4, -0.2) is 22.2 Å². The van der Waals surface area contributed by atoms with Gasteiger partial charge in [-0.05, 0) is 24.1 Å². The molecule has 1 amide bonds. The van der Waals surface area contributed by atoms with Gasteiger partial charge in [-0.15, -0.1) is 0 Å². The SMILES string of the molecule is Cn1nc(C(=O)NCc2ccc(F)cc2)c(=S)c2c1=CCCN=2. The summed E-state index contributed by atoms with van der Waals surface area (Å²) in [5, 5.41) is 8.51. The van der Waals surface area contributed by atoms with Crippen LogP contribution >= 0.6 is 12.2 Å². The van der Waals surface area contributed by atoms with Crippen LogP contribution in [0.1, 0.15) is 22.5 Å². The number of amides is 1. The van der Waals surface area contributed by atoms with Gasteiger partial charge in [0.1, 0.15) is 11.2 Å². The fraction of sp³-hybridized carbons (Fsp3) is 0.250. The van der Waals surface area contributed by atoms with Crippen molar-refractivity contribution in [1.29, 1.82) is 0 Å². The molecule has 0 bridgehead atoms. The molecule has 1 aliphatic rings. The molecule has 5 nitrogen and oxygen atoms in total. The first-order valence-corrected chi connectivity index (χ1v) is 7.62. The predicted octanol–water partition coefficient (Wildman–Crippen LogP) is 1.02. The highest BCUT2D eigenvalue weighted by atomic mass is 32.1. The molecule has 1 aromatic carbocycles. The zero-order valence-electron chi connectivity index (χ0n) is 12.5. The molecule has 0 fully saturated rings. The highest BCUT2D eigenvalue weighted by molar-refractivity contribution is 7.71. The van der Waals surface area contributed by atoms with E-state index in [0.717, 1.165) is 17.3 Å². The molecule has 0 spiro atoms. The predicted molar refractivity (Wildman–Crippen MR) is 86.3 cm³/mol. The number of fused-ring (bicyclic) bond motifs is 1. The van der Waals surface area contributed by atoms with Gasteiger partial charge in [-0.1, -0.05) is 30.4 Å². The van der Waals surface area contributed by atoms with Gasteiger partial charge in [0.05, 0.1) is 9.86 Å². The average Bonchev–Trinajstić information content (AvgIpc) is 2.57. The minimum atomic E-state index is -0.363. The van der Waals surface area contributed by atoms with Crippen molar-refractivity contribution in [3.8, 4) is 0 Å². The number of aromatic nitrogens is 2. The molecule has 0 atom stereocenters. The number of rotatable bonds is 3. The maximum Gasteiger partial charge on any atom is 0.273 e. The van der Waals surface area contributed by atoms with E-state index in [1.54, 1.807) is 23.9 Å². The van der Waals surface area contributed by atoms with Crippen LogP contribution in [0.3, 0.4) is 0 Å². The number of aryl methyl sites for hydroxylation is 1. The lowest BCUT2D eigenvalue weighted by Gasteiger charge is -2.09. The number of hydrogen-bond donors (Lipinski definition) is 1. The molecular weight excluding hydrogens is 315 g/mol. The first-order valence-electron chi connectivity index (χ1n) is 7.21. The van der Waals surface area contributed by atoms with E-state index in [2.05, 4.69) is 15.4 Å². The van der Waals surface area contributed by atoms with E-state index in [1.807, 2.05) is 6.08 Å². The minimum absolute atomic E-state index is 0.183. The molecule has 2 heterocycles. The second-order valence-corrected chi connectivity index (χ2v) is 5.63. The molecule has 0 unspecified atom stereocenters. The van der Waals surface area contributed by atoms with Crippen LogP contribution in [0.5, 0.6) is 0 Å². The molecule has 7 heteroatoms. The second-order valence-electron chi connectivity index (χ2n) is 5.22. The number of halogens is 1. The molecular formula is C16H15FN4OS. The zero-order valence-corrected chi connectivity index (χ0v) is 13.4. The Labute approximate surface area is 137 Å². The Kier molecular flexibility index (Phi) is 4.29. The Morgan fingerprint density at radius 2 is 2.13 bits per heavy atom. The quantitative estimate of drug-likeness (QED) is 0.855. The maximum atomic E-state index is 12.9. The van der Waals surface area contributed by atoms with Crippen molar-refractivity contribution in [3.05, 3.63) is 56.6 Å². The minimum Gasteiger partial charge on any atom is -0.347 e. The van der Waals surface area contributed by atoms with E-state index >= 15 is 0 Å². The fourth-order valence-corrected chi connectivity index (χ4v) is 2.71. The Morgan fingerprint density at radius 1 is 1.39 bits per heavy atom. The van der Waals surface area contributed by atoms with Crippen molar-refractivity contribution in [2.45, 2.75) is 13.0 Å². The number of nitrogens with one attached hydrogen (secondary N) is 1. The maximum absolute atomic E-state index is 12.9. The molecule has 0 saturated carbocycles. The van der Waals surface area contributed by atoms with Crippen LogP contribution in [-0.2, 0) is 13.6 Å². The molecule has 1 aliphatic heterocycles. The van der Waals surface area contributed by atoms with Gasteiger partial charge in [-0.2, -0.15) is 5.10 Å². The van der Waals surface area contributed by atoms with E-state index in [1.165, 1.54) is 12.1 Å². The molecule has 0 saturated heterocycles. The van der Waals surface area contributed by atoms with Crippen molar-refractivity contribution < 1.29 is 9.18 Å². The van der Waals surface area contributed by atoms with E-state index in [4.69, 9.17) is 12.2 Å². The lowest BCUT2D eigenvalue weighted by molar-refractivity contribution is 0.0943. The first-order chi connectivity index (χ1) is 11.1. The lowest BCUT2D eigenvalue weighted by Crippen LogP contribution is -2.41. The molecule has 118 valence electrons. The average molecular weight is 330 g/mol. The highest BCUT2D eigenvalue weighted by Crippen LogP contribution is 2.03. The molecule has 1 aromatic heterocycles. The summed E-state index contributed by atoms with van der Waals surface area (Å²) in [7, 11) is 1.77. The number of benzene rings is 1. The Morgan fingerprint density at radius 3 is 2.87 bits per heavy atom. The van der Waals surface area contributed by atoms with Gasteiger partial charge in [0, 0.05) is 20.1 Å². The summed E-state index contributed by atoms with van der Waals surface area (Å²) in [5.74, 6) is -0.673. The van der Waals surface area contributed by atoms with Gasteiger partial charge >= 0.3 is 0 Å². The number of carbonyl (C=O) groups is 1. The van der Waals surface area contributed by atoms with Crippen LogP contribution in [0.4, 0.5) is 4.39 Å². The van der Waals surface area contributed by atoms with E-state index in [0.29, 0.717) is 16.4 Å². The molecule has 3 rings (SSSR count). The lowest BCUT2D eigenvalue weighted by atomic mass is 10.2. The van der Waals surface area contributed by atoms with Gasteiger partial charge in [0.15, 0.2) is 5.69 Å². The Hall–Kier alpha value is -2.41. The van der Waals surface area contributed by atoms with Crippen molar-refractivity contribution in [2.24, 2.45) is 12.0 Å². The smallest absolute Gasteiger partial charge is 0.273 e. The second kappa shape index (κ2) is 6.37. The summed E-state index contributed by atoms with van der Waals surface area (Å²) >= 11 is 5.36. The van der Waals surface area contributed by atoms with Gasteiger partial charge < -0.3 is 5.32 Å². The largest absolute Gasteiger partial charge is 0.347 e. The van der Waals surface area contributed by atoms with Crippen LogP contribution < -0.4 is 16.0 Å². The Bertz CT molecular complexity index is 934. The van der Waals surface area contributed by atoms with Gasteiger partial charge in [0.2, 0.25) is 0 Å². The van der Waals surface area contributed by atoms with Crippen LogP contribution in [0.25, 0.3) is 6.08 Å². The van der Waals surface area contributed by atoms with Crippen molar-refractivity contribution >= 4 is 24.2 Å². The highest BCUT2D eigenvalue weighted by Gasteiger charge is 2.14. The summed E-state index contributed by atoms with van der Waals surface area (Å²) in [6, 6.07) is 5.95. The summed E-state index contributed by atoms with van der Waals surface area (Å²) in [6.45, 7) is 0.941. The number of carbonyl (C=O) groups excluding carboxylic acids is 1. The summed E-state index contributed by atoms with van der Waals surface area (Å²) in [6.07, 6.45) is 2.86. The monoisotopic (exact) mass is 330 g/mol. The van der Waals surface area contributed by atoms with E-state index in [-0.39, 0.29) is 24.0 Å². The third-order valence-electron chi connectivity index (χ3n) is 3.59. The molecule has 0 aliphatic carbocycles. The third-order valence-corrected chi connectivity index (χ3v) is 3.98. The summed E-state index contributed by atoms with van der Waals surface area (Å²) in [5.41, 5.74) is 0.980. The Balaban J connectivity index is 1.87.